The number of fused-ring (bicyclic) bond motifs is 5. The number of alkyl halides is 3. The van der Waals surface area contributed by atoms with E-state index in [1.165, 1.54) is 4.90 Å². The van der Waals surface area contributed by atoms with Gasteiger partial charge >= 0.3 is 6.18 Å². The van der Waals surface area contributed by atoms with Gasteiger partial charge in [-0.3, -0.25) is 4.79 Å². The number of amides is 1. The first-order valence-electron chi connectivity index (χ1n) is 10.1. The lowest BCUT2D eigenvalue weighted by molar-refractivity contribution is -0.138. The van der Waals surface area contributed by atoms with Crippen LogP contribution in [-0.4, -0.2) is 19.3 Å². The van der Waals surface area contributed by atoms with Crippen molar-refractivity contribution in [1.29, 1.82) is 0 Å². The number of rotatable bonds is 2. The average molecular weight is 457 g/mol. The lowest BCUT2D eigenvalue weighted by Crippen LogP contribution is -2.42. The van der Waals surface area contributed by atoms with Crippen LogP contribution in [0.3, 0.4) is 0 Å². The van der Waals surface area contributed by atoms with E-state index in [0.29, 0.717) is 34.1 Å². The summed E-state index contributed by atoms with van der Waals surface area (Å²) in [4.78, 5) is 15.1. The van der Waals surface area contributed by atoms with E-state index in [4.69, 9.17) is 14.2 Å². The largest absolute Gasteiger partial charge is 0.491 e. The Morgan fingerprint density at radius 2 is 1.67 bits per heavy atom. The Kier molecular flexibility index (Phi) is 4.00. The highest BCUT2D eigenvalue weighted by Crippen LogP contribution is 2.55. The zero-order valence-electron chi connectivity index (χ0n) is 16.9. The molecule has 1 atom stereocenters. The highest BCUT2D eigenvalue weighted by molar-refractivity contribution is 6.11. The van der Waals surface area contributed by atoms with Crippen LogP contribution in [-0.2, 0) is 22.9 Å². The molecule has 0 bridgehead atoms. The third kappa shape index (κ3) is 2.68. The van der Waals surface area contributed by atoms with Crippen LogP contribution in [0.15, 0.2) is 54.6 Å². The smallest absolute Gasteiger partial charge is 0.416 e. The second-order valence-electron chi connectivity index (χ2n) is 8.07. The predicted molar refractivity (Wildman–Crippen MR) is 108 cm³/mol. The molecule has 1 unspecified atom stereocenters. The zero-order valence-corrected chi connectivity index (χ0v) is 16.9. The van der Waals surface area contributed by atoms with Gasteiger partial charge in [-0.15, -0.1) is 0 Å². The van der Waals surface area contributed by atoms with Gasteiger partial charge in [0.05, 0.1) is 12.1 Å². The molecule has 3 aromatic rings. The zero-order chi connectivity index (χ0) is 23.0. The van der Waals surface area contributed by atoms with Crippen molar-refractivity contribution < 1.29 is 36.6 Å². The van der Waals surface area contributed by atoms with Crippen molar-refractivity contribution in [1.82, 2.24) is 0 Å². The highest BCUT2D eigenvalue weighted by Gasteiger charge is 2.57. The van der Waals surface area contributed by atoms with E-state index >= 15 is 0 Å². The first kappa shape index (κ1) is 19.9. The fraction of sp³-hybridized carbons (Fsp3) is 0.208. The van der Waals surface area contributed by atoms with Crippen molar-refractivity contribution in [3.05, 3.63) is 82.7 Å². The average Bonchev–Trinajstić information content (AvgIpc) is 3.45. The van der Waals surface area contributed by atoms with E-state index in [1.54, 1.807) is 36.4 Å². The summed E-state index contributed by atoms with van der Waals surface area (Å²) in [5.74, 6) is -0.135. The SMILES string of the molecule is O=C1N(Cc2c(F)cccc2C(F)(F)F)c2ccccc2C12COc1cc3c(cc12)OCO3. The van der Waals surface area contributed by atoms with Crippen molar-refractivity contribution in [2.75, 3.05) is 18.3 Å². The van der Waals surface area contributed by atoms with Crippen molar-refractivity contribution >= 4 is 11.6 Å². The minimum Gasteiger partial charge on any atom is -0.491 e. The summed E-state index contributed by atoms with van der Waals surface area (Å²) in [6, 6.07) is 12.9. The van der Waals surface area contributed by atoms with Crippen LogP contribution in [0.1, 0.15) is 22.3 Å². The van der Waals surface area contributed by atoms with Gasteiger partial charge in [0.15, 0.2) is 11.5 Å². The van der Waals surface area contributed by atoms with Gasteiger partial charge in [0.1, 0.15) is 23.6 Å². The third-order valence-electron chi connectivity index (χ3n) is 6.38. The maximum absolute atomic E-state index is 14.6. The molecule has 5 nitrogen and oxygen atoms in total. The van der Waals surface area contributed by atoms with Crippen molar-refractivity contribution in [2.24, 2.45) is 0 Å². The van der Waals surface area contributed by atoms with Gasteiger partial charge in [-0.05, 0) is 29.8 Å². The first-order valence-corrected chi connectivity index (χ1v) is 10.1. The number of hydrogen-bond donors (Lipinski definition) is 0. The standard InChI is InChI=1S/C24H15F4NO4/c25-17-6-3-5-14(24(26,27)28)13(17)10-29-18-7-2-1-4-15(18)23(22(29)30)11-31-19-9-21-20(8-16(19)23)32-12-33-21/h1-9H,10-12H2. The van der Waals surface area contributed by atoms with Crippen LogP contribution in [0, 0.1) is 5.82 Å². The summed E-state index contributed by atoms with van der Waals surface area (Å²) in [6.07, 6.45) is -4.77. The van der Waals surface area contributed by atoms with Gasteiger partial charge in [-0.1, -0.05) is 24.3 Å². The second kappa shape index (κ2) is 6.63. The number of nitrogens with zero attached hydrogens (tertiary/aromatic N) is 1. The van der Waals surface area contributed by atoms with Crippen molar-refractivity contribution in [3.8, 4) is 17.2 Å². The van der Waals surface area contributed by atoms with E-state index in [0.717, 1.165) is 18.2 Å². The molecule has 168 valence electrons. The number of benzene rings is 3. The molecule has 3 aromatic carbocycles. The van der Waals surface area contributed by atoms with Crippen LogP contribution >= 0.6 is 0 Å². The van der Waals surface area contributed by atoms with Crippen LogP contribution in [0.25, 0.3) is 0 Å². The van der Waals surface area contributed by atoms with E-state index in [9.17, 15) is 22.4 Å². The van der Waals surface area contributed by atoms with E-state index < -0.39 is 41.0 Å². The lowest BCUT2D eigenvalue weighted by Gasteiger charge is -2.24. The third-order valence-corrected chi connectivity index (χ3v) is 6.38. The minimum absolute atomic E-state index is 0.0371. The molecule has 1 spiro atoms. The molecule has 0 radical (unpaired) electrons. The Morgan fingerprint density at radius 1 is 0.909 bits per heavy atom. The summed E-state index contributed by atoms with van der Waals surface area (Å²) in [6.45, 7) is -0.574. The fourth-order valence-corrected chi connectivity index (χ4v) is 4.86. The number of hydrogen-bond acceptors (Lipinski definition) is 4. The normalized spacial score (nSPS) is 20.2. The predicted octanol–water partition coefficient (Wildman–Crippen LogP) is 4.80. The summed E-state index contributed by atoms with van der Waals surface area (Å²) in [7, 11) is 0. The molecule has 3 aliphatic rings. The number of halogens is 4. The Bertz CT molecular complexity index is 1320. The molecule has 0 saturated heterocycles. The van der Waals surface area contributed by atoms with Crippen LogP contribution in [0.2, 0.25) is 0 Å². The molecule has 3 heterocycles. The van der Waals surface area contributed by atoms with Gasteiger partial charge in [-0.2, -0.15) is 13.2 Å². The summed E-state index contributed by atoms with van der Waals surface area (Å²) >= 11 is 0. The number of carbonyl (C=O) groups is 1. The van der Waals surface area contributed by atoms with Gasteiger partial charge < -0.3 is 19.1 Å². The van der Waals surface area contributed by atoms with Crippen LogP contribution in [0.4, 0.5) is 23.2 Å². The van der Waals surface area contributed by atoms with Crippen molar-refractivity contribution in [2.45, 2.75) is 18.1 Å². The van der Waals surface area contributed by atoms with Gasteiger partial charge in [0.25, 0.3) is 0 Å². The molecule has 33 heavy (non-hydrogen) atoms. The van der Waals surface area contributed by atoms with E-state index in [2.05, 4.69) is 0 Å². The molecule has 9 heteroatoms. The Labute approximate surface area is 185 Å². The summed E-state index contributed by atoms with van der Waals surface area (Å²) in [5.41, 5.74) is -1.45. The maximum atomic E-state index is 14.6. The van der Waals surface area contributed by atoms with Gasteiger partial charge in [-0.25, -0.2) is 4.39 Å². The molecule has 0 aromatic heterocycles. The molecule has 1 amide bonds. The quantitative estimate of drug-likeness (QED) is 0.519. The van der Waals surface area contributed by atoms with Gasteiger partial charge in [0, 0.05) is 22.9 Å². The second-order valence-corrected chi connectivity index (χ2v) is 8.07. The number of carbonyl (C=O) groups excluding carboxylic acids is 1. The molecule has 0 N–H and O–H groups in total. The first-order chi connectivity index (χ1) is 15.8. The van der Waals surface area contributed by atoms with Gasteiger partial charge in [0.2, 0.25) is 12.7 Å². The van der Waals surface area contributed by atoms with Crippen LogP contribution in [0.5, 0.6) is 17.2 Å². The molecule has 0 aliphatic carbocycles. The van der Waals surface area contributed by atoms with Crippen LogP contribution < -0.4 is 19.1 Å². The molecule has 0 saturated carbocycles. The Balaban J connectivity index is 1.50. The maximum Gasteiger partial charge on any atom is 0.416 e. The minimum atomic E-state index is -4.77. The number of para-hydroxylation sites is 1. The Morgan fingerprint density at radius 3 is 2.45 bits per heavy atom. The monoisotopic (exact) mass is 457 g/mol. The summed E-state index contributed by atoms with van der Waals surface area (Å²) in [5, 5.41) is 0. The number of ether oxygens (including phenoxy) is 3. The van der Waals surface area contributed by atoms with Crippen molar-refractivity contribution in [3.63, 3.8) is 0 Å². The van der Waals surface area contributed by atoms with E-state index in [-0.39, 0.29) is 13.4 Å². The molecular weight excluding hydrogens is 442 g/mol. The lowest BCUT2D eigenvalue weighted by atomic mass is 9.77. The Hall–Kier alpha value is -3.75. The molecule has 6 rings (SSSR count). The molecule has 0 fully saturated rings. The molecule has 3 aliphatic heterocycles. The molecular formula is C24H15F4NO4. The highest BCUT2D eigenvalue weighted by atomic mass is 19.4. The number of anilines is 1. The topological polar surface area (TPSA) is 48.0 Å². The summed E-state index contributed by atoms with van der Waals surface area (Å²) < 4.78 is 72.1. The fourth-order valence-electron chi connectivity index (χ4n) is 4.86. The van der Waals surface area contributed by atoms with E-state index in [1.807, 2.05) is 0 Å².